The van der Waals surface area contributed by atoms with Gasteiger partial charge in [-0.05, 0) is 43.6 Å². The molecule has 0 N–H and O–H groups in total. The first-order valence-corrected chi connectivity index (χ1v) is 8.43. The van der Waals surface area contributed by atoms with Crippen LogP contribution in [0.15, 0.2) is 36.4 Å². The molecule has 2 aliphatic rings. The standard InChI is InChI=1S/C20H23NO3/c1-21-11-10-13-14-6-4-5-7-17(14)24-19-15(16(13)12-21)8-9-18(22-2)20(19)23-3/h4-9,13,16H,10-12H2,1-3H3. The van der Waals surface area contributed by atoms with E-state index < -0.39 is 0 Å². The van der Waals surface area contributed by atoms with Crippen molar-refractivity contribution in [2.24, 2.45) is 0 Å². The van der Waals surface area contributed by atoms with Gasteiger partial charge in [-0.2, -0.15) is 0 Å². The van der Waals surface area contributed by atoms with Crippen LogP contribution in [0.2, 0.25) is 0 Å². The largest absolute Gasteiger partial charge is 0.493 e. The van der Waals surface area contributed by atoms with Crippen molar-refractivity contribution in [2.75, 3.05) is 34.4 Å². The molecular formula is C20H23NO3. The zero-order valence-electron chi connectivity index (χ0n) is 14.4. The van der Waals surface area contributed by atoms with Gasteiger partial charge in [-0.25, -0.2) is 0 Å². The lowest BCUT2D eigenvalue weighted by Gasteiger charge is -2.36. The van der Waals surface area contributed by atoms with Crippen LogP contribution in [0.5, 0.6) is 23.0 Å². The molecule has 1 saturated heterocycles. The highest BCUT2D eigenvalue weighted by Crippen LogP contribution is 2.54. The zero-order chi connectivity index (χ0) is 16.7. The Morgan fingerprint density at radius 2 is 1.83 bits per heavy atom. The Bertz CT molecular complexity index is 759. The molecule has 2 unspecified atom stereocenters. The summed E-state index contributed by atoms with van der Waals surface area (Å²) in [4.78, 5) is 2.40. The number of nitrogens with zero attached hydrogens (tertiary/aromatic N) is 1. The Hall–Kier alpha value is -2.20. The first-order chi connectivity index (χ1) is 11.7. The number of benzene rings is 2. The molecule has 0 bridgehead atoms. The molecule has 0 aliphatic carbocycles. The minimum atomic E-state index is 0.391. The smallest absolute Gasteiger partial charge is 0.204 e. The molecule has 0 radical (unpaired) electrons. The molecule has 24 heavy (non-hydrogen) atoms. The van der Waals surface area contributed by atoms with Crippen LogP contribution >= 0.6 is 0 Å². The van der Waals surface area contributed by atoms with Crippen LogP contribution in [0.3, 0.4) is 0 Å². The molecule has 126 valence electrons. The van der Waals surface area contributed by atoms with Gasteiger partial charge in [0.25, 0.3) is 0 Å². The molecule has 2 aromatic rings. The summed E-state index contributed by atoms with van der Waals surface area (Å²) in [6, 6.07) is 12.5. The minimum absolute atomic E-state index is 0.391. The third-order valence-electron chi connectivity index (χ3n) is 5.28. The first-order valence-electron chi connectivity index (χ1n) is 8.43. The highest BCUT2D eigenvalue weighted by atomic mass is 16.5. The van der Waals surface area contributed by atoms with E-state index in [4.69, 9.17) is 14.2 Å². The summed E-state index contributed by atoms with van der Waals surface area (Å²) in [6.07, 6.45) is 1.13. The average molecular weight is 325 g/mol. The molecule has 0 saturated carbocycles. The molecule has 1 fully saturated rings. The summed E-state index contributed by atoms with van der Waals surface area (Å²) in [7, 11) is 5.52. The van der Waals surface area contributed by atoms with E-state index >= 15 is 0 Å². The van der Waals surface area contributed by atoms with Crippen LogP contribution in [0, 0.1) is 0 Å². The van der Waals surface area contributed by atoms with Gasteiger partial charge >= 0.3 is 0 Å². The van der Waals surface area contributed by atoms with E-state index in [0.29, 0.717) is 23.3 Å². The van der Waals surface area contributed by atoms with Crippen LogP contribution in [0.25, 0.3) is 0 Å². The van der Waals surface area contributed by atoms with Crippen molar-refractivity contribution in [3.8, 4) is 23.0 Å². The predicted octanol–water partition coefficient (Wildman–Crippen LogP) is 4.01. The first kappa shape index (κ1) is 15.3. The number of hydrogen-bond acceptors (Lipinski definition) is 4. The second-order valence-corrected chi connectivity index (χ2v) is 6.62. The van der Waals surface area contributed by atoms with Crippen molar-refractivity contribution in [3.63, 3.8) is 0 Å². The van der Waals surface area contributed by atoms with Crippen molar-refractivity contribution < 1.29 is 14.2 Å². The normalized spacial score (nSPS) is 22.5. The molecular weight excluding hydrogens is 302 g/mol. The maximum atomic E-state index is 6.37. The van der Waals surface area contributed by atoms with Crippen molar-refractivity contribution in [1.29, 1.82) is 0 Å². The maximum Gasteiger partial charge on any atom is 0.204 e. The van der Waals surface area contributed by atoms with E-state index in [1.807, 2.05) is 12.1 Å². The number of likely N-dealkylation sites (N-methyl/N-ethyl adjacent to an activating group) is 1. The van der Waals surface area contributed by atoms with Crippen molar-refractivity contribution in [3.05, 3.63) is 47.5 Å². The fourth-order valence-corrected chi connectivity index (χ4v) is 4.10. The van der Waals surface area contributed by atoms with Gasteiger partial charge in [-0.1, -0.05) is 24.3 Å². The van der Waals surface area contributed by atoms with Crippen LogP contribution < -0.4 is 14.2 Å². The Kier molecular flexibility index (Phi) is 3.85. The van der Waals surface area contributed by atoms with Gasteiger partial charge in [0, 0.05) is 18.0 Å². The number of likely N-dealkylation sites (tertiary alicyclic amines) is 1. The Morgan fingerprint density at radius 1 is 1.00 bits per heavy atom. The van der Waals surface area contributed by atoms with Gasteiger partial charge in [-0.3, -0.25) is 0 Å². The Labute approximate surface area is 142 Å². The van der Waals surface area contributed by atoms with Crippen LogP contribution in [-0.4, -0.2) is 39.3 Å². The van der Waals surface area contributed by atoms with E-state index in [1.54, 1.807) is 14.2 Å². The number of rotatable bonds is 2. The molecule has 2 heterocycles. The Balaban J connectivity index is 1.94. The third kappa shape index (κ3) is 2.33. The zero-order valence-corrected chi connectivity index (χ0v) is 14.4. The lowest BCUT2D eigenvalue weighted by molar-refractivity contribution is 0.227. The number of fused-ring (bicyclic) bond motifs is 5. The lowest BCUT2D eigenvalue weighted by Crippen LogP contribution is -2.35. The van der Waals surface area contributed by atoms with Crippen molar-refractivity contribution in [2.45, 2.75) is 18.3 Å². The van der Waals surface area contributed by atoms with Crippen LogP contribution in [0.4, 0.5) is 0 Å². The van der Waals surface area contributed by atoms with Gasteiger partial charge in [0.2, 0.25) is 5.75 Å². The molecule has 4 heteroatoms. The minimum Gasteiger partial charge on any atom is -0.493 e. The van der Waals surface area contributed by atoms with Gasteiger partial charge in [0.1, 0.15) is 5.75 Å². The van der Waals surface area contributed by atoms with E-state index in [1.165, 1.54) is 11.1 Å². The van der Waals surface area contributed by atoms with Crippen LogP contribution in [-0.2, 0) is 0 Å². The highest BCUT2D eigenvalue weighted by Gasteiger charge is 2.37. The molecule has 0 spiro atoms. The van der Waals surface area contributed by atoms with Gasteiger partial charge in [0.05, 0.1) is 14.2 Å². The SMILES string of the molecule is COc1ccc2c(c1OC)Oc1ccccc1C1CCN(C)CC21. The summed E-state index contributed by atoms with van der Waals surface area (Å²) in [5.41, 5.74) is 2.51. The Morgan fingerprint density at radius 3 is 2.62 bits per heavy atom. The number of ether oxygens (including phenoxy) is 3. The lowest BCUT2D eigenvalue weighted by atomic mass is 9.77. The molecule has 0 aromatic heterocycles. The molecule has 2 aliphatic heterocycles. The average Bonchev–Trinajstić information content (AvgIpc) is 2.75. The fourth-order valence-electron chi connectivity index (χ4n) is 4.10. The van der Waals surface area contributed by atoms with Crippen molar-refractivity contribution in [1.82, 2.24) is 4.90 Å². The quantitative estimate of drug-likeness (QED) is 0.835. The van der Waals surface area contributed by atoms with Gasteiger partial charge in [-0.15, -0.1) is 0 Å². The maximum absolute atomic E-state index is 6.37. The van der Waals surface area contributed by atoms with Gasteiger partial charge < -0.3 is 19.1 Å². The highest BCUT2D eigenvalue weighted by molar-refractivity contribution is 5.61. The fraction of sp³-hybridized carbons (Fsp3) is 0.400. The van der Waals surface area contributed by atoms with Crippen LogP contribution in [0.1, 0.15) is 29.4 Å². The number of methoxy groups -OCH3 is 2. The molecule has 0 amide bonds. The van der Waals surface area contributed by atoms with E-state index in [2.05, 4.69) is 36.2 Å². The van der Waals surface area contributed by atoms with Gasteiger partial charge in [0.15, 0.2) is 11.5 Å². The summed E-state index contributed by atoms with van der Waals surface area (Å²) in [5.74, 6) is 3.98. The number of piperidine rings is 1. The topological polar surface area (TPSA) is 30.9 Å². The molecule has 4 rings (SSSR count). The molecule has 2 aromatic carbocycles. The van der Waals surface area contributed by atoms with E-state index in [9.17, 15) is 0 Å². The molecule has 2 atom stereocenters. The summed E-state index contributed by atoms with van der Waals surface area (Å²) < 4.78 is 17.5. The molecule has 4 nitrogen and oxygen atoms in total. The predicted molar refractivity (Wildman–Crippen MR) is 93.7 cm³/mol. The van der Waals surface area contributed by atoms with Crippen molar-refractivity contribution >= 4 is 0 Å². The van der Waals surface area contributed by atoms with E-state index in [0.717, 1.165) is 31.0 Å². The summed E-state index contributed by atoms with van der Waals surface area (Å²) >= 11 is 0. The van der Waals surface area contributed by atoms with E-state index in [-0.39, 0.29) is 0 Å². The summed E-state index contributed by atoms with van der Waals surface area (Å²) in [5, 5.41) is 0. The number of hydrogen-bond donors (Lipinski definition) is 0. The monoisotopic (exact) mass is 325 g/mol. The number of para-hydroxylation sites is 1. The second-order valence-electron chi connectivity index (χ2n) is 6.62. The third-order valence-corrected chi connectivity index (χ3v) is 5.28. The second kappa shape index (κ2) is 6.02. The summed E-state index contributed by atoms with van der Waals surface area (Å²) in [6.45, 7) is 2.13.